The molecule has 0 saturated carbocycles. The average molecular weight is 370 g/mol. The topological polar surface area (TPSA) is 59.4 Å². The fourth-order valence-electron chi connectivity index (χ4n) is 3.68. The molecule has 1 aliphatic heterocycles. The van der Waals surface area contributed by atoms with Gasteiger partial charge in [0.05, 0.1) is 24.0 Å². The number of benzene rings is 1. The van der Waals surface area contributed by atoms with E-state index in [9.17, 15) is 4.79 Å². The number of carbonyl (C=O) groups excluding carboxylic acids is 1. The molecule has 1 fully saturated rings. The van der Waals surface area contributed by atoms with Gasteiger partial charge in [0, 0.05) is 24.5 Å². The van der Waals surface area contributed by atoms with E-state index in [4.69, 9.17) is 4.74 Å². The first-order valence-corrected chi connectivity index (χ1v) is 9.85. The number of hydrogen-bond acceptors (Lipinski definition) is 4. The van der Waals surface area contributed by atoms with E-state index >= 15 is 0 Å². The highest BCUT2D eigenvalue weighted by molar-refractivity contribution is 5.95. The molecule has 27 heavy (non-hydrogen) atoms. The summed E-state index contributed by atoms with van der Waals surface area (Å²) in [5.41, 5.74) is 3.90. The summed E-state index contributed by atoms with van der Waals surface area (Å²) in [5.74, 6) is 0.0741. The number of anilines is 1. The Morgan fingerprint density at radius 2 is 2.04 bits per heavy atom. The first-order valence-electron chi connectivity index (χ1n) is 9.85. The minimum atomic E-state index is -0.0742. The third-order valence-corrected chi connectivity index (χ3v) is 5.03. The Bertz CT molecular complexity index is 754. The van der Waals surface area contributed by atoms with E-state index in [2.05, 4.69) is 21.4 Å². The van der Waals surface area contributed by atoms with Crippen molar-refractivity contribution < 1.29 is 9.53 Å². The minimum absolute atomic E-state index is 0.0741. The highest BCUT2D eigenvalue weighted by atomic mass is 16.5. The molecule has 0 unspecified atom stereocenters. The van der Waals surface area contributed by atoms with Crippen LogP contribution in [0.15, 0.2) is 30.3 Å². The van der Waals surface area contributed by atoms with Crippen LogP contribution in [0.5, 0.6) is 0 Å². The van der Waals surface area contributed by atoms with Gasteiger partial charge < -0.3 is 10.1 Å². The molecule has 1 saturated heterocycles. The second-order valence-corrected chi connectivity index (χ2v) is 7.12. The van der Waals surface area contributed by atoms with E-state index in [1.54, 1.807) is 0 Å². The zero-order valence-corrected chi connectivity index (χ0v) is 16.6. The number of hydrogen-bond donors (Lipinski definition) is 1. The fraction of sp³-hybridized carbons (Fsp3) is 0.524. The quantitative estimate of drug-likeness (QED) is 0.760. The molecule has 0 spiro atoms. The lowest BCUT2D eigenvalue weighted by atomic mass is 10.0. The van der Waals surface area contributed by atoms with Crippen molar-refractivity contribution in [2.75, 3.05) is 31.6 Å². The van der Waals surface area contributed by atoms with E-state index in [0.29, 0.717) is 13.2 Å². The SMILES string of the molecule is CCOCCN1CCCC[C@H]1C(=O)Nc1ccc(-n2nc(C)cc2C)cc1. The van der Waals surface area contributed by atoms with Crippen molar-refractivity contribution in [3.63, 3.8) is 0 Å². The van der Waals surface area contributed by atoms with Crippen molar-refractivity contribution in [2.24, 2.45) is 0 Å². The van der Waals surface area contributed by atoms with Gasteiger partial charge in [0.1, 0.15) is 0 Å². The van der Waals surface area contributed by atoms with Crippen molar-refractivity contribution in [2.45, 2.75) is 46.1 Å². The first kappa shape index (κ1) is 19.6. The number of carbonyl (C=O) groups is 1. The van der Waals surface area contributed by atoms with Gasteiger partial charge in [-0.05, 0) is 70.5 Å². The number of rotatable bonds is 7. The maximum Gasteiger partial charge on any atom is 0.241 e. The van der Waals surface area contributed by atoms with Crippen LogP contribution in [0.4, 0.5) is 5.69 Å². The molecule has 6 nitrogen and oxygen atoms in total. The lowest BCUT2D eigenvalue weighted by molar-refractivity contribution is -0.122. The third kappa shape index (κ3) is 4.96. The van der Waals surface area contributed by atoms with Gasteiger partial charge in [-0.25, -0.2) is 4.68 Å². The van der Waals surface area contributed by atoms with E-state index in [0.717, 1.165) is 55.1 Å². The highest BCUT2D eigenvalue weighted by Gasteiger charge is 2.28. The Morgan fingerprint density at radius 1 is 1.26 bits per heavy atom. The van der Waals surface area contributed by atoms with Crippen LogP contribution in [-0.4, -0.2) is 52.9 Å². The summed E-state index contributed by atoms with van der Waals surface area (Å²) >= 11 is 0. The smallest absolute Gasteiger partial charge is 0.241 e. The Balaban J connectivity index is 1.63. The van der Waals surface area contributed by atoms with Crippen molar-refractivity contribution in [3.8, 4) is 5.69 Å². The lowest BCUT2D eigenvalue weighted by Gasteiger charge is -2.34. The number of piperidine rings is 1. The van der Waals surface area contributed by atoms with Crippen molar-refractivity contribution >= 4 is 11.6 Å². The molecule has 6 heteroatoms. The summed E-state index contributed by atoms with van der Waals surface area (Å²) in [7, 11) is 0. The van der Waals surface area contributed by atoms with Crippen molar-refractivity contribution in [1.29, 1.82) is 0 Å². The number of amides is 1. The molecule has 2 aromatic rings. The minimum Gasteiger partial charge on any atom is -0.380 e. The molecule has 1 amide bonds. The fourth-order valence-corrected chi connectivity index (χ4v) is 3.68. The summed E-state index contributed by atoms with van der Waals surface area (Å²) < 4.78 is 7.38. The van der Waals surface area contributed by atoms with Crippen molar-refractivity contribution in [3.05, 3.63) is 41.7 Å². The Morgan fingerprint density at radius 3 is 2.70 bits per heavy atom. The zero-order valence-electron chi connectivity index (χ0n) is 16.6. The summed E-state index contributed by atoms with van der Waals surface area (Å²) in [6.07, 6.45) is 3.15. The standard InChI is InChI=1S/C21H30N4O2/c1-4-27-14-13-24-12-6-5-7-20(24)21(26)22-18-8-10-19(11-9-18)25-17(3)15-16(2)23-25/h8-11,15,20H,4-7,12-14H2,1-3H3,(H,22,26)/t20-/m0/s1. The number of aromatic nitrogens is 2. The van der Waals surface area contributed by atoms with Crippen LogP contribution in [0.1, 0.15) is 37.6 Å². The molecule has 1 aromatic carbocycles. The van der Waals surface area contributed by atoms with E-state index in [1.165, 1.54) is 0 Å². The molecule has 2 heterocycles. The first-order chi connectivity index (χ1) is 13.1. The van der Waals surface area contributed by atoms with Gasteiger partial charge in [0.2, 0.25) is 5.91 Å². The average Bonchev–Trinajstić information content (AvgIpc) is 3.01. The monoisotopic (exact) mass is 370 g/mol. The number of likely N-dealkylation sites (tertiary alicyclic amines) is 1. The molecule has 1 aliphatic rings. The van der Waals surface area contributed by atoms with Crippen LogP contribution in [0, 0.1) is 13.8 Å². The highest BCUT2D eigenvalue weighted by Crippen LogP contribution is 2.20. The molecule has 0 aliphatic carbocycles. The third-order valence-electron chi connectivity index (χ3n) is 5.03. The molecule has 1 atom stereocenters. The van der Waals surface area contributed by atoms with Crippen molar-refractivity contribution in [1.82, 2.24) is 14.7 Å². The van der Waals surface area contributed by atoms with Gasteiger partial charge in [-0.2, -0.15) is 5.10 Å². The van der Waals surface area contributed by atoms with Gasteiger partial charge in [-0.3, -0.25) is 9.69 Å². The van der Waals surface area contributed by atoms with Crippen LogP contribution >= 0.6 is 0 Å². The molecule has 3 rings (SSSR count). The van der Waals surface area contributed by atoms with E-state index in [1.807, 2.05) is 49.7 Å². The van der Waals surface area contributed by atoms with Gasteiger partial charge in [0.15, 0.2) is 0 Å². The molecule has 0 bridgehead atoms. The van der Waals surface area contributed by atoms with Gasteiger partial charge >= 0.3 is 0 Å². The summed E-state index contributed by atoms with van der Waals surface area (Å²) in [6.45, 7) is 9.18. The summed E-state index contributed by atoms with van der Waals surface area (Å²) in [6, 6.07) is 9.84. The molecule has 146 valence electrons. The Kier molecular flexibility index (Phi) is 6.63. The number of nitrogens with zero attached hydrogens (tertiary/aromatic N) is 3. The normalized spacial score (nSPS) is 17.8. The molecule has 1 aromatic heterocycles. The van der Waals surface area contributed by atoms with Gasteiger partial charge in [-0.15, -0.1) is 0 Å². The summed E-state index contributed by atoms with van der Waals surface area (Å²) in [4.78, 5) is 15.1. The van der Waals surface area contributed by atoms with Crippen LogP contribution < -0.4 is 5.32 Å². The maximum absolute atomic E-state index is 12.8. The van der Waals surface area contributed by atoms with Crippen LogP contribution in [0.2, 0.25) is 0 Å². The predicted octanol–water partition coefficient (Wildman–Crippen LogP) is 3.32. The molecule has 1 N–H and O–H groups in total. The number of ether oxygens (including phenoxy) is 1. The zero-order chi connectivity index (χ0) is 19.2. The second kappa shape index (κ2) is 9.15. The van der Waals surface area contributed by atoms with Crippen LogP contribution in [-0.2, 0) is 9.53 Å². The van der Waals surface area contributed by atoms with Crippen LogP contribution in [0.3, 0.4) is 0 Å². The predicted molar refractivity (Wildman–Crippen MR) is 107 cm³/mol. The van der Waals surface area contributed by atoms with E-state index in [-0.39, 0.29) is 11.9 Å². The van der Waals surface area contributed by atoms with Gasteiger partial charge in [-0.1, -0.05) is 6.42 Å². The Labute approximate surface area is 161 Å². The largest absolute Gasteiger partial charge is 0.380 e. The van der Waals surface area contributed by atoms with Gasteiger partial charge in [0.25, 0.3) is 0 Å². The molecular formula is C21H30N4O2. The molecule has 0 radical (unpaired) electrons. The lowest BCUT2D eigenvalue weighted by Crippen LogP contribution is -2.48. The number of nitrogens with one attached hydrogen (secondary N) is 1. The maximum atomic E-state index is 12.8. The summed E-state index contributed by atoms with van der Waals surface area (Å²) in [5, 5.41) is 7.58. The van der Waals surface area contributed by atoms with Crippen LogP contribution in [0.25, 0.3) is 5.69 Å². The molecular weight excluding hydrogens is 340 g/mol. The second-order valence-electron chi connectivity index (χ2n) is 7.12. The Hall–Kier alpha value is -2.18. The number of aryl methyl sites for hydroxylation is 2. The van der Waals surface area contributed by atoms with E-state index < -0.39 is 0 Å².